The van der Waals surface area contributed by atoms with Gasteiger partial charge in [0.15, 0.2) is 0 Å². The average Bonchev–Trinajstić information content (AvgIpc) is 2.86. The lowest BCUT2D eigenvalue weighted by molar-refractivity contribution is -0.136. The predicted octanol–water partition coefficient (Wildman–Crippen LogP) is 1.63. The number of nitrogens with one attached hydrogen (secondary N) is 1. The molecule has 0 spiro atoms. The highest BCUT2D eigenvalue weighted by Gasteiger charge is 2.43. The van der Waals surface area contributed by atoms with Gasteiger partial charge >= 0.3 is 0 Å². The highest BCUT2D eigenvalue weighted by atomic mass is 16.2. The normalized spacial score (nSPS) is 32.4. The summed E-state index contributed by atoms with van der Waals surface area (Å²) < 4.78 is 0. The summed E-state index contributed by atoms with van der Waals surface area (Å²) in [6.45, 7) is 8.19. The van der Waals surface area contributed by atoms with E-state index in [1.807, 2.05) is 4.90 Å². The molecule has 16 heavy (non-hydrogen) atoms. The molecule has 0 aromatic heterocycles. The molecule has 2 aliphatic rings. The largest absolute Gasteiger partial charge is 0.342 e. The Morgan fingerprint density at radius 2 is 2.19 bits per heavy atom. The van der Waals surface area contributed by atoms with Crippen molar-refractivity contribution in [2.45, 2.75) is 52.1 Å². The number of amides is 1. The summed E-state index contributed by atoms with van der Waals surface area (Å²) in [5.74, 6) is 1.21. The molecule has 2 rings (SSSR count). The molecule has 3 nitrogen and oxygen atoms in total. The minimum Gasteiger partial charge on any atom is -0.342 e. The van der Waals surface area contributed by atoms with Crippen LogP contribution in [0.25, 0.3) is 0 Å². The Hall–Kier alpha value is -0.570. The minimum absolute atomic E-state index is 0.262. The van der Waals surface area contributed by atoms with Gasteiger partial charge in [-0.3, -0.25) is 4.79 Å². The molecule has 0 aromatic rings. The van der Waals surface area contributed by atoms with E-state index in [4.69, 9.17) is 0 Å². The molecule has 2 fully saturated rings. The molecule has 2 heterocycles. The van der Waals surface area contributed by atoms with E-state index in [0.717, 1.165) is 19.5 Å². The van der Waals surface area contributed by atoms with Crippen LogP contribution in [0.1, 0.15) is 40.0 Å². The molecule has 3 heteroatoms. The standard InChI is InChI=1S/C13H24N2O/c1-4-15(8-9(2)3)13(16)11-7-10-5-6-12(11)14-10/h9-12,14H,4-8H2,1-3H3. The van der Waals surface area contributed by atoms with E-state index in [2.05, 4.69) is 26.1 Å². The Bertz CT molecular complexity index is 265. The van der Waals surface area contributed by atoms with Crippen molar-refractivity contribution in [1.82, 2.24) is 10.2 Å². The highest BCUT2D eigenvalue weighted by molar-refractivity contribution is 5.80. The molecule has 3 unspecified atom stereocenters. The van der Waals surface area contributed by atoms with Crippen LogP contribution in [0.4, 0.5) is 0 Å². The lowest BCUT2D eigenvalue weighted by Crippen LogP contribution is -2.42. The van der Waals surface area contributed by atoms with E-state index >= 15 is 0 Å². The smallest absolute Gasteiger partial charge is 0.227 e. The molecular weight excluding hydrogens is 200 g/mol. The average molecular weight is 224 g/mol. The van der Waals surface area contributed by atoms with E-state index < -0.39 is 0 Å². The lowest BCUT2D eigenvalue weighted by Gasteiger charge is -2.29. The van der Waals surface area contributed by atoms with Gasteiger partial charge in [-0.25, -0.2) is 0 Å². The fourth-order valence-corrected chi connectivity index (χ4v) is 3.15. The third kappa shape index (κ3) is 2.24. The summed E-state index contributed by atoms with van der Waals surface area (Å²) in [6, 6.07) is 1.09. The molecule has 0 aliphatic carbocycles. The van der Waals surface area contributed by atoms with Crippen molar-refractivity contribution in [2.24, 2.45) is 11.8 Å². The van der Waals surface area contributed by atoms with Crippen molar-refractivity contribution in [3.8, 4) is 0 Å². The second kappa shape index (κ2) is 4.74. The van der Waals surface area contributed by atoms with Crippen LogP contribution >= 0.6 is 0 Å². The van der Waals surface area contributed by atoms with Gasteiger partial charge in [0.2, 0.25) is 5.91 Å². The van der Waals surface area contributed by atoms with Gasteiger partial charge in [0, 0.05) is 25.2 Å². The Balaban J connectivity index is 1.95. The Labute approximate surface area is 98.6 Å². The molecular formula is C13H24N2O. The quantitative estimate of drug-likeness (QED) is 0.787. The third-order valence-corrected chi connectivity index (χ3v) is 3.90. The van der Waals surface area contributed by atoms with E-state index in [9.17, 15) is 4.79 Å². The first kappa shape index (κ1) is 11.9. The molecule has 1 amide bonds. The summed E-state index contributed by atoms with van der Waals surface area (Å²) in [7, 11) is 0. The number of carbonyl (C=O) groups is 1. The number of nitrogens with zero attached hydrogens (tertiary/aromatic N) is 1. The fourth-order valence-electron chi connectivity index (χ4n) is 3.15. The van der Waals surface area contributed by atoms with Crippen molar-refractivity contribution >= 4 is 5.91 Å². The van der Waals surface area contributed by atoms with Crippen LogP contribution in [-0.4, -0.2) is 36.0 Å². The first-order valence-electron chi connectivity index (χ1n) is 6.66. The van der Waals surface area contributed by atoms with Gasteiger partial charge in [-0.1, -0.05) is 13.8 Å². The molecule has 0 saturated carbocycles. The van der Waals surface area contributed by atoms with E-state index in [0.29, 0.717) is 23.9 Å². The molecule has 0 aromatic carbocycles. The highest BCUT2D eigenvalue weighted by Crippen LogP contribution is 2.34. The molecule has 3 atom stereocenters. The molecule has 92 valence electrons. The molecule has 1 N–H and O–H groups in total. The van der Waals surface area contributed by atoms with Crippen molar-refractivity contribution in [3.63, 3.8) is 0 Å². The van der Waals surface area contributed by atoms with Gasteiger partial charge in [0.05, 0.1) is 5.92 Å². The topological polar surface area (TPSA) is 32.3 Å². The third-order valence-electron chi connectivity index (χ3n) is 3.90. The van der Waals surface area contributed by atoms with Crippen molar-refractivity contribution in [1.29, 1.82) is 0 Å². The fraction of sp³-hybridized carbons (Fsp3) is 0.923. The lowest BCUT2D eigenvalue weighted by atomic mass is 9.88. The van der Waals surface area contributed by atoms with Gasteiger partial charge in [-0.15, -0.1) is 0 Å². The molecule has 2 bridgehead atoms. The maximum Gasteiger partial charge on any atom is 0.227 e. The Morgan fingerprint density at radius 3 is 2.62 bits per heavy atom. The van der Waals surface area contributed by atoms with Crippen molar-refractivity contribution < 1.29 is 4.79 Å². The second-order valence-corrected chi connectivity index (χ2v) is 5.66. The minimum atomic E-state index is 0.262. The predicted molar refractivity (Wildman–Crippen MR) is 65.1 cm³/mol. The van der Waals surface area contributed by atoms with Crippen LogP contribution in [0.5, 0.6) is 0 Å². The Morgan fingerprint density at radius 1 is 1.44 bits per heavy atom. The van der Waals surface area contributed by atoms with Gasteiger partial charge in [0.1, 0.15) is 0 Å². The van der Waals surface area contributed by atoms with Crippen LogP contribution < -0.4 is 5.32 Å². The van der Waals surface area contributed by atoms with Crippen LogP contribution in [-0.2, 0) is 4.79 Å². The molecule has 0 radical (unpaired) electrons. The maximum atomic E-state index is 12.4. The summed E-state index contributed by atoms with van der Waals surface area (Å²) in [4.78, 5) is 14.4. The van der Waals surface area contributed by atoms with E-state index in [1.54, 1.807) is 0 Å². The number of hydrogen-bond acceptors (Lipinski definition) is 2. The Kier molecular flexibility index (Phi) is 3.53. The first-order valence-corrected chi connectivity index (χ1v) is 6.66. The van der Waals surface area contributed by atoms with Gasteiger partial charge in [-0.05, 0) is 32.1 Å². The van der Waals surface area contributed by atoms with Crippen LogP contribution in [0, 0.1) is 11.8 Å². The van der Waals surface area contributed by atoms with Gasteiger partial charge in [-0.2, -0.15) is 0 Å². The maximum absolute atomic E-state index is 12.4. The zero-order chi connectivity index (χ0) is 11.7. The van der Waals surface area contributed by atoms with Gasteiger partial charge in [0.25, 0.3) is 0 Å². The number of hydrogen-bond donors (Lipinski definition) is 1. The van der Waals surface area contributed by atoms with Crippen LogP contribution in [0.2, 0.25) is 0 Å². The number of rotatable bonds is 4. The van der Waals surface area contributed by atoms with E-state index in [1.165, 1.54) is 12.8 Å². The number of carbonyl (C=O) groups excluding carboxylic acids is 1. The monoisotopic (exact) mass is 224 g/mol. The SMILES string of the molecule is CCN(CC(C)C)C(=O)C1CC2CCC1N2. The van der Waals surface area contributed by atoms with E-state index in [-0.39, 0.29) is 5.92 Å². The summed E-state index contributed by atoms with van der Waals surface area (Å²) >= 11 is 0. The summed E-state index contributed by atoms with van der Waals surface area (Å²) in [5, 5.41) is 3.54. The zero-order valence-corrected chi connectivity index (χ0v) is 10.7. The summed E-state index contributed by atoms with van der Waals surface area (Å²) in [6.07, 6.45) is 3.53. The first-order chi connectivity index (χ1) is 7.61. The number of fused-ring (bicyclic) bond motifs is 2. The second-order valence-electron chi connectivity index (χ2n) is 5.66. The van der Waals surface area contributed by atoms with Crippen LogP contribution in [0.15, 0.2) is 0 Å². The molecule has 2 aliphatic heterocycles. The zero-order valence-electron chi connectivity index (χ0n) is 10.7. The summed E-state index contributed by atoms with van der Waals surface area (Å²) in [5.41, 5.74) is 0. The van der Waals surface area contributed by atoms with Crippen LogP contribution in [0.3, 0.4) is 0 Å². The molecule has 2 saturated heterocycles. The van der Waals surface area contributed by atoms with Gasteiger partial charge < -0.3 is 10.2 Å². The van der Waals surface area contributed by atoms with Crippen molar-refractivity contribution in [2.75, 3.05) is 13.1 Å². The van der Waals surface area contributed by atoms with Crippen molar-refractivity contribution in [3.05, 3.63) is 0 Å².